The van der Waals surface area contributed by atoms with Crippen molar-refractivity contribution in [3.8, 4) is 11.5 Å². The van der Waals surface area contributed by atoms with Crippen LogP contribution in [0.4, 0.5) is 0 Å². The number of aromatic nitrogens is 4. The molecule has 14 heavy (non-hydrogen) atoms. The minimum Gasteiger partial charge on any atom is -0.342 e. The Hall–Kier alpha value is -1.78. The maximum atomic E-state index is 4.70. The quantitative estimate of drug-likeness (QED) is 0.712. The predicted molar refractivity (Wildman–Crippen MR) is 47.3 cm³/mol. The predicted octanol–water partition coefficient (Wildman–Crippen LogP) is 1.40. The van der Waals surface area contributed by atoms with Gasteiger partial charge in [0.25, 0.3) is 0 Å². The molecule has 5 heteroatoms. The largest absolute Gasteiger partial charge is 0.342 e. The van der Waals surface area contributed by atoms with E-state index in [9.17, 15) is 0 Å². The molecule has 0 N–H and O–H groups in total. The summed E-state index contributed by atoms with van der Waals surface area (Å²) in [6.45, 7) is 0. The lowest BCUT2D eigenvalue weighted by Crippen LogP contribution is -1.95. The van der Waals surface area contributed by atoms with Crippen LogP contribution in [0, 0.1) is 0 Å². The molecule has 3 rings (SSSR count). The fraction of sp³-hybridized carbons (Fsp3) is 0.333. The van der Waals surface area contributed by atoms with E-state index in [0.29, 0.717) is 11.7 Å². The Morgan fingerprint density at radius 1 is 1.14 bits per heavy atom. The molecule has 1 fully saturated rings. The van der Waals surface area contributed by atoms with Crippen LogP contribution in [0.1, 0.15) is 24.5 Å². The van der Waals surface area contributed by atoms with Crippen LogP contribution in [0.3, 0.4) is 0 Å². The Morgan fingerprint density at radius 3 is 2.71 bits per heavy atom. The summed E-state index contributed by atoms with van der Waals surface area (Å²) in [5.74, 6) is 1.07. The topological polar surface area (TPSA) is 64.7 Å². The maximum Gasteiger partial charge on any atom is 0.222 e. The summed E-state index contributed by atoms with van der Waals surface area (Å²) in [6.07, 6.45) is 7.03. The first-order chi connectivity index (χ1) is 6.95. The van der Waals surface area contributed by atoms with Crippen LogP contribution in [0.2, 0.25) is 0 Å². The lowest BCUT2D eigenvalue weighted by atomic mass is 10.2. The van der Waals surface area contributed by atoms with Crippen LogP contribution >= 0.6 is 0 Å². The third-order valence-corrected chi connectivity index (χ3v) is 2.26. The smallest absolute Gasteiger partial charge is 0.222 e. The molecule has 70 valence electrons. The molecule has 2 aromatic heterocycles. The fourth-order valence-electron chi connectivity index (χ4n) is 1.45. The molecule has 0 unspecified atom stereocenters. The Labute approximate surface area is 80.2 Å². The van der Waals surface area contributed by atoms with Crippen molar-refractivity contribution in [2.45, 2.75) is 18.8 Å². The minimum atomic E-state index is 0.528. The number of hydrogen-bond acceptors (Lipinski definition) is 5. The van der Waals surface area contributed by atoms with Crippen molar-refractivity contribution in [2.75, 3.05) is 0 Å². The first-order valence-electron chi connectivity index (χ1n) is 4.53. The van der Waals surface area contributed by atoms with E-state index in [2.05, 4.69) is 20.1 Å². The van der Waals surface area contributed by atoms with E-state index in [4.69, 9.17) is 4.52 Å². The summed E-state index contributed by atoms with van der Waals surface area (Å²) >= 11 is 0. The molecule has 0 aliphatic heterocycles. The van der Waals surface area contributed by atoms with E-state index >= 15 is 0 Å². The first-order valence-corrected chi connectivity index (χ1v) is 4.53. The van der Waals surface area contributed by atoms with Crippen LogP contribution in [0.25, 0.3) is 11.5 Å². The normalized spacial score (nSPS) is 15.7. The zero-order valence-corrected chi connectivity index (χ0v) is 7.42. The van der Waals surface area contributed by atoms with E-state index < -0.39 is 0 Å². The van der Waals surface area contributed by atoms with Crippen LogP contribution in [0.15, 0.2) is 23.3 Å². The number of rotatable bonds is 2. The average Bonchev–Trinajstić information content (AvgIpc) is 2.94. The summed E-state index contributed by atoms with van der Waals surface area (Å²) in [5, 5.41) is 3.77. The molecule has 0 spiro atoms. The van der Waals surface area contributed by atoms with Crippen molar-refractivity contribution in [1.29, 1.82) is 0 Å². The second-order valence-corrected chi connectivity index (χ2v) is 3.32. The third-order valence-electron chi connectivity index (χ3n) is 2.26. The molecule has 0 bridgehead atoms. The highest BCUT2D eigenvalue weighted by Crippen LogP contribution is 2.41. The number of hydrogen-bond donors (Lipinski definition) is 0. The van der Waals surface area contributed by atoms with E-state index in [1.807, 2.05) is 0 Å². The fourth-order valence-corrected chi connectivity index (χ4v) is 1.45. The monoisotopic (exact) mass is 188 g/mol. The molecule has 1 aliphatic rings. The van der Waals surface area contributed by atoms with Crippen LogP contribution in [-0.2, 0) is 0 Å². The van der Waals surface area contributed by atoms with Crippen molar-refractivity contribution < 1.29 is 4.52 Å². The second kappa shape index (κ2) is 2.87. The Balaban J connectivity index is 2.12. The molecule has 0 amide bonds. The van der Waals surface area contributed by atoms with Gasteiger partial charge in [0.1, 0.15) is 5.69 Å². The standard InChI is InChI=1S/C9H8N4O/c1-2-6(1)7-8(11-4-3-10-7)9-12-5-14-13-9/h3-6H,1-2H2. The zero-order valence-electron chi connectivity index (χ0n) is 7.42. The van der Waals surface area contributed by atoms with E-state index in [-0.39, 0.29) is 0 Å². The van der Waals surface area contributed by atoms with E-state index in [1.54, 1.807) is 12.4 Å². The SMILES string of the molecule is c1cnc(C2CC2)c(-c2ncon2)n1. The van der Waals surface area contributed by atoms with Gasteiger partial charge in [-0.15, -0.1) is 0 Å². The van der Waals surface area contributed by atoms with Crippen LogP contribution < -0.4 is 0 Å². The average molecular weight is 188 g/mol. The highest BCUT2D eigenvalue weighted by Gasteiger charge is 2.29. The van der Waals surface area contributed by atoms with E-state index in [0.717, 1.165) is 11.4 Å². The van der Waals surface area contributed by atoms with Gasteiger partial charge in [0, 0.05) is 18.3 Å². The van der Waals surface area contributed by atoms with Crippen molar-refractivity contribution in [2.24, 2.45) is 0 Å². The summed E-state index contributed by atoms with van der Waals surface area (Å²) in [7, 11) is 0. The molecular weight excluding hydrogens is 180 g/mol. The van der Waals surface area contributed by atoms with Gasteiger partial charge in [-0.1, -0.05) is 5.16 Å². The lowest BCUT2D eigenvalue weighted by molar-refractivity contribution is 0.418. The second-order valence-electron chi connectivity index (χ2n) is 3.32. The molecule has 2 heterocycles. The summed E-state index contributed by atoms with van der Waals surface area (Å²) in [4.78, 5) is 12.5. The Morgan fingerprint density at radius 2 is 2.00 bits per heavy atom. The van der Waals surface area contributed by atoms with E-state index in [1.165, 1.54) is 19.2 Å². The van der Waals surface area contributed by atoms with Gasteiger partial charge in [-0.25, -0.2) is 4.98 Å². The van der Waals surface area contributed by atoms with Gasteiger partial charge in [-0.2, -0.15) is 4.98 Å². The van der Waals surface area contributed by atoms with Gasteiger partial charge in [-0.05, 0) is 12.8 Å². The first kappa shape index (κ1) is 7.61. The van der Waals surface area contributed by atoms with Gasteiger partial charge in [-0.3, -0.25) is 4.98 Å². The molecule has 1 aliphatic carbocycles. The molecule has 0 aromatic carbocycles. The molecular formula is C9H8N4O. The summed E-state index contributed by atoms with van der Waals surface area (Å²) < 4.78 is 4.70. The summed E-state index contributed by atoms with van der Waals surface area (Å²) in [5.41, 5.74) is 1.75. The van der Waals surface area contributed by atoms with Gasteiger partial charge >= 0.3 is 0 Å². The number of nitrogens with zero attached hydrogens (tertiary/aromatic N) is 4. The van der Waals surface area contributed by atoms with Crippen molar-refractivity contribution in [1.82, 2.24) is 20.1 Å². The van der Waals surface area contributed by atoms with Crippen LogP contribution in [-0.4, -0.2) is 20.1 Å². The molecule has 0 atom stereocenters. The van der Waals surface area contributed by atoms with Crippen LogP contribution in [0.5, 0.6) is 0 Å². The van der Waals surface area contributed by atoms with Gasteiger partial charge < -0.3 is 4.52 Å². The highest BCUT2D eigenvalue weighted by molar-refractivity contribution is 5.52. The minimum absolute atomic E-state index is 0.528. The van der Waals surface area contributed by atoms with Gasteiger partial charge in [0.05, 0.1) is 5.69 Å². The zero-order chi connectivity index (χ0) is 9.38. The van der Waals surface area contributed by atoms with Crippen molar-refractivity contribution >= 4 is 0 Å². The molecule has 5 nitrogen and oxygen atoms in total. The Bertz CT molecular complexity index is 436. The van der Waals surface area contributed by atoms with Crippen molar-refractivity contribution in [3.05, 3.63) is 24.5 Å². The lowest BCUT2D eigenvalue weighted by Gasteiger charge is -2.00. The molecule has 0 saturated heterocycles. The Kier molecular flexibility index (Phi) is 1.56. The van der Waals surface area contributed by atoms with Crippen molar-refractivity contribution in [3.63, 3.8) is 0 Å². The maximum absolute atomic E-state index is 4.70. The molecule has 0 radical (unpaired) electrons. The molecule has 2 aromatic rings. The van der Waals surface area contributed by atoms with Gasteiger partial charge in [0.2, 0.25) is 12.2 Å². The highest BCUT2D eigenvalue weighted by atomic mass is 16.5. The molecule has 1 saturated carbocycles. The van der Waals surface area contributed by atoms with Gasteiger partial charge in [0.15, 0.2) is 0 Å². The summed E-state index contributed by atoms with van der Waals surface area (Å²) in [6, 6.07) is 0. The third kappa shape index (κ3) is 1.17.